The van der Waals surface area contributed by atoms with Crippen LogP contribution >= 0.6 is 21.6 Å². The maximum absolute atomic E-state index is 11.0. The molecular weight excluding hydrogens is 1180 g/mol. The Hall–Kier alpha value is -1.36. The standard InChI is InChI=1S/C45H84N2O3S2.C28H57NO3.C6H16N2/c1-4-6-8-10-12-14-16-18-20-22-24-26-28-30-34-44(49)40-47(37-32-33-38-51-52-39-36-43(42-48)46-3)41-45(50)35-31-29-27-25-23-21-19-17-15-13-11-9-7-5-2;1-3-5-7-9-11-13-15-17-21-27(31)25-29(23-19-20-24-30)26-28(32)22-18-16-14-12-10-8-6-4-2;1-7-5-4-6-8(2)3/h12-15,18-21,42-46,49-50H,4-11,16-17,22-41H2,1-3H3;24,27-28,31-32H,3-23,25-26H2,1-2H3;7H,4-6H2,1-3H3/b14-12-,15-13-,20-18-,21-19-;;. The zero-order valence-electron chi connectivity index (χ0n) is 62.0. The van der Waals surface area contributed by atoms with E-state index in [1.165, 1.54) is 193 Å². The van der Waals surface area contributed by atoms with Crippen molar-refractivity contribution in [3.05, 3.63) is 48.6 Å². The zero-order valence-corrected chi connectivity index (χ0v) is 63.7. The molecule has 0 aromatic heterocycles. The lowest BCUT2D eigenvalue weighted by molar-refractivity contribution is -0.109. The Labute approximate surface area is 580 Å². The number of hydrogen-bond donors (Lipinski definition) is 6. The van der Waals surface area contributed by atoms with E-state index in [2.05, 4.69) is 116 Å². The van der Waals surface area contributed by atoms with Crippen molar-refractivity contribution in [2.24, 2.45) is 0 Å². The molecule has 5 atom stereocenters. The van der Waals surface area contributed by atoms with Crippen LogP contribution in [0.2, 0.25) is 0 Å². The molecule has 546 valence electrons. The third kappa shape index (κ3) is 81.1. The average Bonchev–Trinajstić information content (AvgIpc) is 3.56. The van der Waals surface area contributed by atoms with Crippen LogP contribution < -0.4 is 10.6 Å². The summed E-state index contributed by atoms with van der Waals surface area (Å²) in [7, 11) is 11.7. The van der Waals surface area contributed by atoms with Gasteiger partial charge in [0.05, 0.1) is 30.5 Å². The molecule has 13 heteroatoms. The molecule has 0 aliphatic rings. The van der Waals surface area contributed by atoms with E-state index in [0.29, 0.717) is 32.6 Å². The summed E-state index contributed by atoms with van der Waals surface area (Å²) in [5, 5.41) is 49.0. The largest absolute Gasteiger partial charge is 0.392 e. The third-order valence-corrected chi connectivity index (χ3v) is 19.6. The quantitative estimate of drug-likeness (QED) is 0.0149. The predicted octanol–water partition coefficient (Wildman–Crippen LogP) is 19.4. The topological polar surface area (TPSA) is 149 Å². The number of aliphatic hydroxyl groups excluding tert-OH is 4. The molecule has 0 aliphatic carbocycles. The first-order chi connectivity index (χ1) is 45.0. The normalized spacial score (nSPS) is 13.6. The van der Waals surface area contributed by atoms with Gasteiger partial charge in [-0.1, -0.05) is 265 Å². The fraction of sp³-hybridized carbons (Fsp3) is 0.873. The first-order valence-electron chi connectivity index (χ1n) is 38.8. The Balaban J connectivity index is -0.00000167. The number of allylic oxidation sites excluding steroid dienone is 8. The fourth-order valence-corrected chi connectivity index (χ4v) is 13.4. The molecule has 0 aromatic rings. The lowest BCUT2D eigenvalue weighted by Crippen LogP contribution is -2.38. The maximum Gasteiger partial charge on any atom is 0.136 e. The number of aldehydes is 2. The van der Waals surface area contributed by atoms with E-state index in [1.54, 1.807) is 0 Å². The second-order valence-corrected chi connectivity index (χ2v) is 29.4. The van der Waals surface area contributed by atoms with Crippen molar-refractivity contribution >= 4 is 34.2 Å². The highest BCUT2D eigenvalue weighted by Gasteiger charge is 2.18. The van der Waals surface area contributed by atoms with Gasteiger partial charge in [0.25, 0.3) is 0 Å². The lowest BCUT2D eigenvalue weighted by Gasteiger charge is -2.27. The first kappa shape index (κ1) is 94.8. The maximum atomic E-state index is 11.0. The van der Waals surface area contributed by atoms with Crippen LogP contribution in [0.15, 0.2) is 48.6 Å². The van der Waals surface area contributed by atoms with Crippen molar-refractivity contribution in [3.8, 4) is 0 Å². The summed E-state index contributed by atoms with van der Waals surface area (Å²) in [6.07, 6.45) is 72.7. The molecule has 0 heterocycles. The van der Waals surface area contributed by atoms with Gasteiger partial charge in [-0.2, -0.15) is 0 Å². The number of unbranched alkanes of at least 4 members (excludes halogenated alkanes) is 30. The molecule has 0 radical (unpaired) electrons. The highest BCUT2D eigenvalue weighted by atomic mass is 33.1. The molecule has 6 N–H and O–H groups in total. The van der Waals surface area contributed by atoms with Crippen LogP contribution in [0.25, 0.3) is 0 Å². The fourth-order valence-electron chi connectivity index (χ4n) is 11.2. The summed E-state index contributed by atoms with van der Waals surface area (Å²) >= 11 is 0. The highest BCUT2D eigenvalue weighted by molar-refractivity contribution is 8.76. The second kappa shape index (κ2) is 82.1. The van der Waals surface area contributed by atoms with Gasteiger partial charge in [-0.3, -0.25) is 9.80 Å². The van der Waals surface area contributed by atoms with Gasteiger partial charge in [0.2, 0.25) is 0 Å². The average molecular weight is 1340 g/mol. The van der Waals surface area contributed by atoms with Crippen LogP contribution in [0.4, 0.5) is 0 Å². The molecule has 0 spiro atoms. The summed E-state index contributed by atoms with van der Waals surface area (Å²) in [6.45, 7) is 15.6. The third-order valence-electron chi connectivity index (χ3n) is 17.0. The number of nitrogens with one attached hydrogen (secondary N) is 2. The van der Waals surface area contributed by atoms with Crippen LogP contribution in [0.5, 0.6) is 0 Å². The zero-order chi connectivity index (χ0) is 68.1. The SMILES string of the molecule is CCCCC/C=C\C/C=C\CCCCCCC(O)CN(CCCCSSCCC(C=O)NC)CC(O)CCCCCC/C=C\C/C=C\CCCCC.CCCCCCCCCCC(O)CN(CCCC=O)CC(O)CCCCCCCCCC.CNCCCN(C)C. The Morgan fingerprint density at radius 1 is 0.359 bits per heavy atom. The summed E-state index contributed by atoms with van der Waals surface area (Å²) in [4.78, 5) is 28.4. The monoisotopic (exact) mass is 1340 g/mol. The molecule has 5 unspecified atom stereocenters. The van der Waals surface area contributed by atoms with Crippen LogP contribution in [-0.4, -0.2) is 170 Å². The number of carbonyl (C=O) groups is 2. The Morgan fingerprint density at radius 3 is 1.04 bits per heavy atom. The number of aliphatic hydroxyl groups is 4. The molecule has 92 heavy (non-hydrogen) atoms. The molecule has 0 aromatic carbocycles. The predicted molar refractivity (Wildman–Crippen MR) is 411 cm³/mol. The van der Waals surface area contributed by atoms with Crippen molar-refractivity contribution in [3.63, 3.8) is 0 Å². The number of rotatable bonds is 71. The van der Waals surface area contributed by atoms with Gasteiger partial charge in [-0.15, -0.1) is 0 Å². The van der Waals surface area contributed by atoms with E-state index in [9.17, 15) is 30.0 Å². The summed E-state index contributed by atoms with van der Waals surface area (Å²) in [5.74, 6) is 2.06. The molecule has 0 saturated carbocycles. The summed E-state index contributed by atoms with van der Waals surface area (Å²) in [6, 6.07) is -0.0429. The van der Waals surface area contributed by atoms with Crippen molar-refractivity contribution in [2.45, 2.75) is 354 Å². The minimum absolute atomic E-state index is 0.0429. The van der Waals surface area contributed by atoms with E-state index in [4.69, 9.17) is 0 Å². The van der Waals surface area contributed by atoms with Crippen molar-refractivity contribution in [1.82, 2.24) is 25.3 Å². The Morgan fingerprint density at radius 2 is 0.696 bits per heavy atom. The van der Waals surface area contributed by atoms with Crippen molar-refractivity contribution < 1.29 is 30.0 Å². The van der Waals surface area contributed by atoms with Crippen LogP contribution in [0.1, 0.15) is 323 Å². The minimum atomic E-state index is -0.332. The van der Waals surface area contributed by atoms with Gasteiger partial charge >= 0.3 is 0 Å². The van der Waals surface area contributed by atoms with Gasteiger partial charge in [0.1, 0.15) is 12.6 Å². The van der Waals surface area contributed by atoms with E-state index >= 15 is 0 Å². The number of hydrogen-bond acceptors (Lipinski definition) is 13. The van der Waals surface area contributed by atoms with Crippen LogP contribution in [0, 0.1) is 0 Å². The van der Waals surface area contributed by atoms with Gasteiger partial charge in [-0.05, 0) is 176 Å². The molecular formula is C79H157N5O6S2. The van der Waals surface area contributed by atoms with Gasteiger partial charge in [0, 0.05) is 44.1 Å². The first-order valence-corrected chi connectivity index (χ1v) is 41.3. The van der Waals surface area contributed by atoms with Gasteiger partial charge in [-0.25, -0.2) is 0 Å². The van der Waals surface area contributed by atoms with Crippen molar-refractivity contribution in [1.29, 1.82) is 0 Å². The molecule has 0 amide bonds. The highest BCUT2D eigenvalue weighted by Crippen LogP contribution is 2.24. The molecule has 0 saturated heterocycles. The number of likely N-dealkylation sites (N-methyl/N-ethyl adjacent to an activating group) is 1. The van der Waals surface area contributed by atoms with Crippen LogP contribution in [-0.2, 0) is 9.59 Å². The second-order valence-electron chi connectivity index (χ2n) is 26.7. The number of carbonyl (C=O) groups excluding carboxylic acids is 2. The lowest BCUT2D eigenvalue weighted by atomic mass is 10.0. The van der Waals surface area contributed by atoms with E-state index in [-0.39, 0.29) is 30.5 Å². The summed E-state index contributed by atoms with van der Waals surface area (Å²) < 4.78 is 0. The van der Waals surface area contributed by atoms with E-state index in [0.717, 1.165) is 146 Å². The van der Waals surface area contributed by atoms with Crippen LogP contribution in [0.3, 0.4) is 0 Å². The van der Waals surface area contributed by atoms with Gasteiger partial charge in [0.15, 0.2) is 0 Å². The van der Waals surface area contributed by atoms with Crippen molar-refractivity contribution in [2.75, 3.05) is 92.1 Å². The van der Waals surface area contributed by atoms with Gasteiger partial charge < -0.3 is 45.5 Å². The molecule has 0 rings (SSSR count). The van der Waals surface area contributed by atoms with E-state index in [1.807, 2.05) is 35.7 Å². The molecule has 0 aliphatic heterocycles. The Kier molecular flexibility index (Phi) is 84.6. The number of nitrogens with zero attached hydrogens (tertiary/aromatic N) is 3. The molecule has 0 fully saturated rings. The molecule has 11 nitrogen and oxygen atoms in total. The smallest absolute Gasteiger partial charge is 0.136 e. The Bertz CT molecular complexity index is 1460. The summed E-state index contributed by atoms with van der Waals surface area (Å²) in [5.41, 5.74) is 0. The van der Waals surface area contributed by atoms with E-state index < -0.39 is 0 Å². The molecule has 0 bridgehead atoms. The minimum Gasteiger partial charge on any atom is -0.392 e.